The third-order valence-corrected chi connectivity index (χ3v) is 4.69. The molecule has 154 valence electrons. The maximum atomic E-state index is 12.8. The van der Waals surface area contributed by atoms with E-state index >= 15 is 0 Å². The first-order valence-corrected chi connectivity index (χ1v) is 8.59. The van der Waals surface area contributed by atoms with Crippen molar-refractivity contribution < 1.29 is 32.3 Å². The van der Waals surface area contributed by atoms with E-state index < -0.39 is 42.7 Å². The van der Waals surface area contributed by atoms with Gasteiger partial charge < -0.3 is 15.4 Å². The van der Waals surface area contributed by atoms with Crippen LogP contribution in [0.4, 0.5) is 18.0 Å². The Morgan fingerprint density at radius 1 is 1.17 bits per heavy atom. The number of carbonyl (C=O) groups is 3. The molecule has 1 heterocycles. The minimum Gasteiger partial charge on any atom is -0.497 e. The van der Waals surface area contributed by atoms with Crippen LogP contribution in [0.2, 0.25) is 0 Å². The molecule has 0 aromatic heterocycles. The lowest BCUT2D eigenvalue weighted by molar-refractivity contribution is -0.141. The minimum atomic E-state index is -4.59. The lowest BCUT2D eigenvalue weighted by Gasteiger charge is -2.22. The van der Waals surface area contributed by atoms with Crippen LogP contribution in [0.3, 0.4) is 0 Å². The molecule has 2 aromatic rings. The van der Waals surface area contributed by atoms with E-state index in [2.05, 4.69) is 5.32 Å². The Kier molecular flexibility index (Phi) is 5.12. The van der Waals surface area contributed by atoms with E-state index in [9.17, 15) is 27.6 Å². The van der Waals surface area contributed by atoms with Gasteiger partial charge in [0.1, 0.15) is 24.4 Å². The van der Waals surface area contributed by atoms with Crippen molar-refractivity contribution in [2.75, 3.05) is 20.2 Å². The zero-order valence-electron chi connectivity index (χ0n) is 15.6. The lowest BCUT2D eigenvalue weighted by atomic mass is 9.90. The highest BCUT2D eigenvalue weighted by Crippen LogP contribution is 2.32. The summed E-state index contributed by atoms with van der Waals surface area (Å²) < 4.78 is 41.8. The fourth-order valence-corrected chi connectivity index (χ4v) is 3.10. The summed E-state index contributed by atoms with van der Waals surface area (Å²) >= 11 is 0. The number of amides is 4. The number of hydrogen-bond donors (Lipinski definition) is 2. The zero-order valence-corrected chi connectivity index (χ0v) is 15.6. The molecule has 3 rings (SSSR count). The summed E-state index contributed by atoms with van der Waals surface area (Å²) in [5.41, 5.74) is -0.970. The van der Waals surface area contributed by atoms with Crippen molar-refractivity contribution in [2.24, 2.45) is 0 Å². The van der Waals surface area contributed by atoms with Gasteiger partial charge in [0.2, 0.25) is 5.91 Å². The molecule has 1 saturated heterocycles. The number of nitrogens with zero attached hydrogens (tertiary/aromatic N) is 1. The molecule has 7 nitrogen and oxygen atoms in total. The van der Waals surface area contributed by atoms with Crippen molar-refractivity contribution in [2.45, 2.75) is 18.6 Å². The third-order valence-electron chi connectivity index (χ3n) is 4.69. The van der Waals surface area contributed by atoms with Crippen LogP contribution in [0, 0.1) is 0 Å². The van der Waals surface area contributed by atoms with Gasteiger partial charge in [-0.2, -0.15) is 13.2 Å². The van der Waals surface area contributed by atoms with Crippen LogP contribution in [0.15, 0.2) is 36.4 Å². The SMILES string of the molecule is COc1ccc2cc([C@@]3(C)NC(=O)N(CC(=O)NCC(F)(F)F)C3=O)ccc2c1. The van der Waals surface area contributed by atoms with Gasteiger partial charge >= 0.3 is 12.2 Å². The van der Waals surface area contributed by atoms with Gasteiger partial charge in [-0.3, -0.25) is 14.5 Å². The molecule has 10 heteroatoms. The average Bonchev–Trinajstić information content (AvgIpc) is 2.89. The van der Waals surface area contributed by atoms with Gasteiger partial charge in [-0.15, -0.1) is 0 Å². The van der Waals surface area contributed by atoms with Crippen LogP contribution in [0.5, 0.6) is 5.75 Å². The Morgan fingerprint density at radius 2 is 1.83 bits per heavy atom. The van der Waals surface area contributed by atoms with Gasteiger partial charge in [0.25, 0.3) is 5.91 Å². The van der Waals surface area contributed by atoms with E-state index in [1.165, 1.54) is 6.92 Å². The molecule has 0 bridgehead atoms. The summed E-state index contributed by atoms with van der Waals surface area (Å²) in [5.74, 6) is -1.14. The maximum Gasteiger partial charge on any atom is 0.405 e. The number of carbonyl (C=O) groups excluding carboxylic acids is 3. The summed E-state index contributed by atoms with van der Waals surface area (Å²) in [4.78, 5) is 37.4. The Balaban J connectivity index is 1.81. The molecule has 0 unspecified atom stereocenters. The van der Waals surface area contributed by atoms with Crippen LogP contribution in [-0.4, -0.2) is 49.1 Å². The third kappa shape index (κ3) is 4.10. The number of imide groups is 1. The lowest BCUT2D eigenvalue weighted by Crippen LogP contribution is -2.44. The van der Waals surface area contributed by atoms with E-state index in [1.54, 1.807) is 42.8 Å². The van der Waals surface area contributed by atoms with E-state index in [4.69, 9.17) is 4.74 Å². The number of hydrogen-bond acceptors (Lipinski definition) is 4. The van der Waals surface area contributed by atoms with Crippen molar-refractivity contribution in [1.82, 2.24) is 15.5 Å². The Bertz CT molecular complexity index is 992. The monoisotopic (exact) mass is 409 g/mol. The van der Waals surface area contributed by atoms with Crippen LogP contribution in [-0.2, 0) is 15.1 Å². The molecule has 2 aromatic carbocycles. The predicted octanol–water partition coefficient (Wildman–Crippen LogP) is 2.29. The average molecular weight is 409 g/mol. The van der Waals surface area contributed by atoms with Gasteiger partial charge in [-0.05, 0) is 41.5 Å². The summed E-state index contributed by atoms with van der Waals surface area (Å²) in [6.45, 7) is -0.868. The van der Waals surface area contributed by atoms with Crippen LogP contribution in [0.1, 0.15) is 12.5 Å². The maximum absolute atomic E-state index is 12.8. The van der Waals surface area contributed by atoms with E-state index in [1.807, 2.05) is 6.07 Å². The molecule has 1 aliphatic heterocycles. The zero-order chi connectivity index (χ0) is 21.4. The van der Waals surface area contributed by atoms with Gasteiger partial charge in [0, 0.05) is 0 Å². The number of alkyl halides is 3. The predicted molar refractivity (Wildman–Crippen MR) is 97.2 cm³/mol. The van der Waals surface area contributed by atoms with Gasteiger partial charge in [-0.1, -0.05) is 18.2 Å². The number of fused-ring (bicyclic) bond motifs is 1. The number of rotatable bonds is 5. The first-order chi connectivity index (χ1) is 13.5. The molecule has 0 aliphatic carbocycles. The first-order valence-electron chi connectivity index (χ1n) is 8.59. The van der Waals surface area contributed by atoms with E-state index in [0.717, 1.165) is 10.8 Å². The normalized spacial score (nSPS) is 19.4. The van der Waals surface area contributed by atoms with E-state index in [0.29, 0.717) is 16.2 Å². The first kappa shape index (κ1) is 20.4. The summed E-state index contributed by atoms with van der Waals surface area (Å²) in [5, 5.41) is 5.82. The number of ether oxygens (including phenoxy) is 1. The Labute approximate surface area is 163 Å². The molecule has 29 heavy (non-hydrogen) atoms. The number of benzene rings is 2. The minimum absolute atomic E-state index is 0.478. The smallest absolute Gasteiger partial charge is 0.405 e. The number of urea groups is 1. The number of halogens is 3. The van der Waals surface area contributed by atoms with E-state index in [-0.39, 0.29) is 0 Å². The van der Waals surface area contributed by atoms with Crippen LogP contribution < -0.4 is 15.4 Å². The second-order valence-corrected chi connectivity index (χ2v) is 6.77. The Hall–Kier alpha value is -3.30. The molecule has 0 spiro atoms. The van der Waals surface area contributed by atoms with Crippen molar-refractivity contribution in [3.8, 4) is 5.75 Å². The number of nitrogens with one attached hydrogen (secondary N) is 2. The summed E-state index contributed by atoms with van der Waals surface area (Å²) in [6, 6.07) is 9.65. The highest BCUT2D eigenvalue weighted by atomic mass is 19.4. The van der Waals surface area contributed by atoms with Crippen LogP contribution in [0.25, 0.3) is 10.8 Å². The highest BCUT2D eigenvalue weighted by molar-refractivity contribution is 6.09. The standard InChI is InChI=1S/C19H18F3N3O4/c1-18(13-5-3-12-8-14(29-2)6-4-11(12)7-13)16(27)25(17(28)24-18)9-15(26)23-10-19(20,21)22/h3-8H,9-10H2,1-2H3,(H,23,26)(H,24,28)/t18-/m1/s1. The van der Waals surface area contributed by atoms with Gasteiger partial charge in [-0.25, -0.2) is 4.79 Å². The van der Waals surface area contributed by atoms with Gasteiger partial charge in [0.05, 0.1) is 7.11 Å². The fourth-order valence-electron chi connectivity index (χ4n) is 3.10. The molecular weight excluding hydrogens is 391 g/mol. The molecule has 1 atom stereocenters. The number of methoxy groups -OCH3 is 1. The summed E-state index contributed by atoms with van der Waals surface area (Å²) in [6.07, 6.45) is -4.59. The molecule has 1 fully saturated rings. The molecular formula is C19H18F3N3O4. The van der Waals surface area contributed by atoms with Gasteiger partial charge in [0.15, 0.2) is 0 Å². The van der Waals surface area contributed by atoms with Crippen molar-refractivity contribution in [3.63, 3.8) is 0 Å². The quantitative estimate of drug-likeness (QED) is 0.742. The molecule has 2 N–H and O–H groups in total. The second-order valence-electron chi connectivity index (χ2n) is 6.77. The van der Waals surface area contributed by atoms with Crippen LogP contribution >= 0.6 is 0 Å². The summed E-state index contributed by atoms with van der Waals surface area (Å²) in [7, 11) is 1.54. The molecule has 0 radical (unpaired) electrons. The van der Waals surface area contributed by atoms with Crippen molar-refractivity contribution in [1.29, 1.82) is 0 Å². The highest BCUT2D eigenvalue weighted by Gasteiger charge is 2.49. The fraction of sp³-hybridized carbons (Fsp3) is 0.316. The molecule has 4 amide bonds. The molecule has 1 aliphatic rings. The molecule has 0 saturated carbocycles. The largest absolute Gasteiger partial charge is 0.497 e. The van der Waals surface area contributed by atoms with Crippen molar-refractivity contribution in [3.05, 3.63) is 42.0 Å². The topological polar surface area (TPSA) is 87.7 Å². The van der Waals surface area contributed by atoms with Crippen molar-refractivity contribution >= 4 is 28.6 Å². The Morgan fingerprint density at radius 3 is 2.48 bits per heavy atom. The second kappa shape index (κ2) is 7.26.